The fourth-order valence-corrected chi connectivity index (χ4v) is 1.95. The van der Waals surface area contributed by atoms with E-state index in [2.05, 4.69) is 11.8 Å². The second-order valence-electron chi connectivity index (χ2n) is 5.53. The monoisotopic (exact) mass is 226 g/mol. The average Bonchev–Trinajstić information content (AvgIpc) is 2.67. The topological polar surface area (TPSA) is 58.9 Å². The third-order valence-corrected chi connectivity index (χ3v) is 2.89. The van der Waals surface area contributed by atoms with E-state index in [9.17, 15) is 10.2 Å². The summed E-state index contributed by atoms with van der Waals surface area (Å²) in [5, 5.41) is 19.8. The van der Waals surface area contributed by atoms with Crippen molar-refractivity contribution in [2.75, 3.05) is 13.2 Å². The van der Waals surface area contributed by atoms with E-state index in [0.29, 0.717) is 6.61 Å². The summed E-state index contributed by atoms with van der Waals surface area (Å²) in [5.41, 5.74) is -1.35. The average molecular weight is 226 g/mol. The molecule has 0 amide bonds. The van der Waals surface area contributed by atoms with Gasteiger partial charge in [0.2, 0.25) is 0 Å². The van der Waals surface area contributed by atoms with Crippen molar-refractivity contribution >= 4 is 0 Å². The molecule has 2 aliphatic heterocycles. The van der Waals surface area contributed by atoms with Gasteiger partial charge in [-0.3, -0.25) is 0 Å². The minimum absolute atomic E-state index is 0.145. The Balaban J connectivity index is 2.17. The van der Waals surface area contributed by atoms with Crippen LogP contribution in [0.1, 0.15) is 20.8 Å². The van der Waals surface area contributed by atoms with Gasteiger partial charge in [-0.15, -0.1) is 0 Å². The molecule has 0 unspecified atom stereocenters. The first kappa shape index (κ1) is 11.9. The Kier molecular flexibility index (Phi) is 2.75. The summed E-state index contributed by atoms with van der Waals surface area (Å²) in [7, 11) is 0. The molecule has 2 N–H and O–H groups in total. The molecule has 2 saturated heterocycles. The Morgan fingerprint density at radius 3 is 2.62 bits per heavy atom. The molecule has 90 valence electrons. The first-order valence-electron chi connectivity index (χ1n) is 5.50. The Bertz CT molecular complexity index is 335. The Morgan fingerprint density at radius 1 is 1.31 bits per heavy atom. The largest absolute Gasteiger partial charge is 0.375 e. The maximum absolute atomic E-state index is 10.4. The normalized spacial score (nSPS) is 42.7. The van der Waals surface area contributed by atoms with E-state index in [-0.39, 0.29) is 17.9 Å². The number of fused-ring (bicyclic) bond motifs is 1. The van der Waals surface area contributed by atoms with Gasteiger partial charge in [0, 0.05) is 5.41 Å². The summed E-state index contributed by atoms with van der Waals surface area (Å²) >= 11 is 0. The van der Waals surface area contributed by atoms with Gasteiger partial charge < -0.3 is 19.7 Å². The summed E-state index contributed by atoms with van der Waals surface area (Å²) in [6, 6.07) is 0. The lowest BCUT2D eigenvalue weighted by Gasteiger charge is -2.20. The molecule has 0 aromatic heterocycles. The van der Waals surface area contributed by atoms with Crippen LogP contribution in [0, 0.1) is 23.2 Å². The van der Waals surface area contributed by atoms with Crippen LogP contribution in [0.2, 0.25) is 0 Å². The van der Waals surface area contributed by atoms with Crippen LogP contribution in [-0.4, -0.2) is 41.4 Å². The van der Waals surface area contributed by atoms with Gasteiger partial charge in [-0.1, -0.05) is 11.8 Å². The number of hydrogen-bond acceptors (Lipinski definition) is 4. The van der Waals surface area contributed by atoms with Gasteiger partial charge >= 0.3 is 0 Å². The van der Waals surface area contributed by atoms with Crippen molar-refractivity contribution in [2.24, 2.45) is 11.3 Å². The maximum atomic E-state index is 10.4. The Morgan fingerprint density at radius 2 is 2.00 bits per heavy atom. The van der Waals surface area contributed by atoms with Gasteiger partial charge in [-0.05, 0) is 20.8 Å². The first-order valence-corrected chi connectivity index (χ1v) is 5.50. The van der Waals surface area contributed by atoms with Crippen molar-refractivity contribution in [3.63, 3.8) is 0 Å². The van der Waals surface area contributed by atoms with Crippen molar-refractivity contribution < 1.29 is 19.7 Å². The molecule has 2 aliphatic rings. The lowest BCUT2D eigenvalue weighted by atomic mass is 9.87. The van der Waals surface area contributed by atoms with Crippen molar-refractivity contribution in [3.05, 3.63) is 0 Å². The number of aliphatic hydroxyl groups is 2. The standard InChI is InChI=1S/C12H18O4/c1-11(2,3)4-5-12(14)7-16-9-8(12)6-15-10(9)13/h8-10,13-14H,6-7H2,1-3H3/t8-,9-,10-,12+/m0/s1. The molecule has 0 aromatic rings. The summed E-state index contributed by atoms with van der Waals surface area (Å²) < 4.78 is 10.4. The highest BCUT2D eigenvalue weighted by Gasteiger charge is 2.54. The van der Waals surface area contributed by atoms with E-state index in [1.54, 1.807) is 0 Å². The number of hydrogen-bond donors (Lipinski definition) is 2. The van der Waals surface area contributed by atoms with Gasteiger partial charge in [0.1, 0.15) is 6.10 Å². The molecular formula is C12H18O4. The maximum Gasteiger partial charge on any atom is 0.181 e. The van der Waals surface area contributed by atoms with Crippen LogP contribution < -0.4 is 0 Å². The quantitative estimate of drug-likeness (QED) is 0.576. The van der Waals surface area contributed by atoms with E-state index in [1.165, 1.54) is 0 Å². The van der Waals surface area contributed by atoms with Gasteiger partial charge in [-0.25, -0.2) is 0 Å². The molecule has 0 spiro atoms. The SMILES string of the molecule is CC(C)(C)C#C[C@@]1(O)CO[C@@H]2[C@@H](O)OC[C@@H]21. The van der Waals surface area contributed by atoms with Crippen LogP contribution in [-0.2, 0) is 9.47 Å². The molecule has 0 radical (unpaired) electrons. The predicted octanol–water partition coefficient (Wildman–Crippen LogP) is 0.131. The zero-order valence-corrected chi connectivity index (χ0v) is 9.86. The minimum Gasteiger partial charge on any atom is -0.375 e. The zero-order chi connectivity index (χ0) is 12.0. The lowest BCUT2D eigenvalue weighted by molar-refractivity contribution is -0.125. The van der Waals surface area contributed by atoms with Crippen molar-refractivity contribution in [3.8, 4) is 11.8 Å². The molecule has 4 heteroatoms. The molecule has 4 atom stereocenters. The Hall–Kier alpha value is -0.600. The molecule has 2 rings (SSSR count). The van der Waals surface area contributed by atoms with E-state index < -0.39 is 18.0 Å². The van der Waals surface area contributed by atoms with E-state index >= 15 is 0 Å². The number of rotatable bonds is 0. The summed E-state index contributed by atoms with van der Waals surface area (Å²) in [4.78, 5) is 0. The van der Waals surface area contributed by atoms with Crippen molar-refractivity contribution in [1.82, 2.24) is 0 Å². The van der Waals surface area contributed by atoms with E-state index in [4.69, 9.17) is 9.47 Å². The van der Waals surface area contributed by atoms with Gasteiger partial charge in [0.05, 0.1) is 19.1 Å². The van der Waals surface area contributed by atoms with Crippen LogP contribution in [0.5, 0.6) is 0 Å². The molecule has 16 heavy (non-hydrogen) atoms. The third-order valence-electron chi connectivity index (χ3n) is 2.89. The summed E-state index contributed by atoms with van der Waals surface area (Å²) in [6.07, 6.45) is -1.38. The van der Waals surface area contributed by atoms with Crippen LogP contribution >= 0.6 is 0 Å². The predicted molar refractivity (Wildman–Crippen MR) is 57.4 cm³/mol. The van der Waals surface area contributed by atoms with E-state index in [1.807, 2.05) is 20.8 Å². The third kappa shape index (κ3) is 2.09. The number of ether oxygens (including phenoxy) is 2. The van der Waals surface area contributed by atoms with Crippen molar-refractivity contribution in [2.45, 2.75) is 38.8 Å². The van der Waals surface area contributed by atoms with Gasteiger partial charge in [-0.2, -0.15) is 0 Å². The second kappa shape index (κ2) is 3.71. The highest BCUT2D eigenvalue weighted by Crippen LogP contribution is 2.37. The first-order chi connectivity index (χ1) is 7.32. The van der Waals surface area contributed by atoms with Gasteiger partial charge in [0.15, 0.2) is 11.9 Å². The van der Waals surface area contributed by atoms with Crippen molar-refractivity contribution in [1.29, 1.82) is 0 Å². The van der Waals surface area contributed by atoms with Crippen LogP contribution in [0.3, 0.4) is 0 Å². The number of aliphatic hydroxyl groups excluding tert-OH is 1. The molecule has 2 fully saturated rings. The molecule has 0 aromatic carbocycles. The molecule has 4 nitrogen and oxygen atoms in total. The highest BCUT2D eigenvalue weighted by atomic mass is 16.7. The summed E-state index contributed by atoms with van der Waals surface area (Å²) in [6.45, 7) is 6.39. The van der Waals surface area contributed by atoms with Crippen LogP contribution in [0.25, 0.3) is 0 Å². The van der Waals surface area contributed by atoms with Crippen LogP contribution in [0.15, 0.2) is 0 Å². The fourth-order valence-electron chi connectivity index (χ4n) is 1.95. The molecule has 0 saturated carbocycles. The smallest absolute Gasteiger partial charge is 0.181 e. The Labute approximate surface area is 95.6 Å². The zero-order valence-electron chi connectivity index (χ0n) is 9.86. The van der Waals surface area contributed by atoms with Gasteiger partial charge in [0.25, 0.3) is 0 Å². The molecule has 0 bridgehead atoms. The minimum atomic E-state index is -1.19. The second-order valence-corrected chi connectivity index (χ2v) is 5.53. The molecule has 2 heterocycles. The van der Waals surface area contributed by atoms with E-state index in [0.717, 1.165) is 0 Å². The lowest BCUT2D eigenvalue weighted by Crippen LogP contribution is -2.38. The van der Waals surface area contributed by atoms with Crippen LogP contribution in [0.4, 0.5) is 0 Å². The molecule has 0 aliphatic carbocycles. The molecular weight excluding hydrogens is 208 g/mol. The summed E-state index contributed by atoms with van der Waals surface area (Å²) in [5.74, 6) is 5.64. The fraction of sp³-hybridized carbons (Fsp3) is 0.833. The highest BCUT2D eigenvalue weighted by molar-refractivity contribution is 5.23.